The smallest absolute Gasteiger partial charge is 0.335 e. The van der Waals surface area contributed by atoms with Crippen LogP contribution in [0, 0.1) is 11.3 Å². The van der Waals surface area contributed by atoms with Crippen LogP contribution >= 0.6 is 15.9 Å². The van der Waals surface area contributed by atoms with Crippen molar-refractivity contribution < 1.29 is 24.2 Å². The van der Waals surface area contributed by atoms with Gasteiger partial charge >= 0.3 is 5.97 Å². The number of hydrogen-bond acceptors (Lipinski definition) is 5. The molecule has 8 heteroatoms. The lowest BCUT2D eigenvalue weighted by molar-refractivity contribution is -0.124. The fourth-order valence-corrected chi connectivity index (χ4v) is 3.10. The molecule has 156 valence electrons. The number of benzene rings is 2. The van der Waals surface area contributed by atoms with E-state index in [2.05, 4.69) is 15.9 Å². The second kappa shape index (κ2) is 10.5. The monoisotopic (exact) mass is 472 g/mol. The molecule has 0 bridgehead atoms. The summed E-state index contributed by atoms with van der Waals surface area (Å²) in [5.41, 5.74) is 1.60. The molecule has 0 aromatic heterocycles. The Morgan fingerprint density at radius 2 is 1.87 bits per heavy atom. The molecule has 0 aliphatic heterocycles. The van der Waals surface area contributed by atoms with Crippen LogP contribution in [-0.2, 0) is 11.4 Å². The lowest BCUT2D eigenvalue weighted by Gasteiger charge is -2.15. The Balaban J connectivity index is 2.31. The Kier molecular flexibility index (Phi) is 8.01. The van der Waals surface area contributed by atoms with E-state index >= 15 is 0 Å². The zero-order chi connectivity index (χ0) is 22.3. The minimum Gasteiger partial charge on any atom is -0.490 e. The molecule has 2 rings (SSSR count). The molecule has 0 aliphatic carbocycles. The molecule has 0 aliphatic rings. The zero-order valence-corrected chi connectivity index (χ0v) is 18.4. The van der Waals surface area contributed by atoms with Crippen LogP contribution < -0.4 is 9.47 Å². The number of halogens is 1. The van der Waals surface area contributed by atoms with Gasteiger partial charge in [0.2, 0.25) is 0 Å². The van der Waals surface area contributed by atoms with E-state index in [0.29, 0.717) is 28.1 Å². The molecular formula is C22H21BrN2O5. The largest absolute Gasteiger partial charge is 0.490 e. The van der Waals surface area contributed by atoms with Crippen molar-refractivity contribution in [3.05, 3.63) is 63.1 Å². The van der Waals surface area contributed by atoms with Crippen molar-refractivity contribution in [3.63, 3.8) is 0 Å². The Hall–Kier alpha value is -3.31. The van der Waals surface area contributed by atoms with E-state index in [4.69, 9.17) is 14.6 Å². The van der Waals surface area contributed by atoms with Gasteiger partial charge in [-0.2, -0.15) is 5.26 Å². The number of aromatic carboxylic acids is 1. The fourth-order valence-electron chi connectivity index (χ4n) is 2.52. The molecule has 2 aromatic carbocycles. The number of likely N-dealkylation sites (N-methyl/N-ethyl adjacent to an activating group) is 1. The van der Waals surface area contributed by atoms with Gasteiger partial charge < -0.3 is 19.5 Å². The summed E-state index contributed by atoms with van der Waals surface area (Å²) in [6.07, 6.45) is 1.49. The van der Waals surface area contributed by atoms with Crippen molar-refractivity contribution in [2.45, 2.75) is 13.5 Å². The average molecular weight is 473 g/mol. The van der Waals surface area contributed by atoms with Gasteiger partial charge in [0.15, 0.2) is 11.5 Å². The van der Waals surface area contributed by atoms with Crippen LogP contribution in [0.4, 0.5) is 0 Å². The summed E-state index contributed by atoms with van der Waals surface area (Å²) in [6.45, 7) is 2.43. The topological polar surface area (TPSA) is 99.9 Å². The Morgan fingerprint density at radius 1 is 1.20 bits per heavy atom. The maximum absolute atomic E-state index is 12.1. The third-order valence-corrected chi connectivity index (χ3v) is 4.57. The second-order valence-electron chi connectivity index (χ2n) is 6.42. The molecule has 0 saturated carbocycles. The molecule has 1 N–H and O–H groups in total. The summed E-state index contributed by atoms with van der Waals surface area (Å²) in [4.78, 5) is 24.4. The normalized spacial score (nSPS) is 10.8. The van der Waals surface area contributed by atoms with Crippen LogP contribution in [-0.4, -0.2) is 42.6 Å². The van der Waals surface area contributed by atoms with Crippen molar-refractivity contribution in [1.29, 1.82) is 5.26 Å². The van der Waals surface area contributed by atoms with Crippen molar-refractivity contribution >= 4 is 33.9 Å². The van der Waals surface area contributed by atoms with Crippen molar-refractivity contribution in [2.24, 2.45) is 0 Å². The SMILES string of the molecule is CCOc1cc(/C=C(/C#N)C(=O)N(C)C)cc(Br)c1OCc1ccc(C(=O)O)cc1. The van der Waals surface area contributed by atoms with Crippen LogP contribution in [0.5, 0.6) is 11.5 Å². The summed E-state index contributed by atoms with van der Waals surface area (Å²) in [5, 5.41) is 18.3. The van der Waals surface area contributed by atoms with Crippen LogP contribution in [0.15, 0.2) is 46.4 Å². The first kappa shape index (κ1) is 23.0. The summed E-state index contributed by atoms with van der Waals surface area (Å²) in [6, 6.07) is 11.7. The minimum absolute atomic E-state index is 0.00142. The Bertz CT molecular complexity index is 1010. The predicted octanol–water partition coefficient (Wildman–Crippen LogP) is 4.12. The lowest BCUT2D eigenvalue weighted by atomic mass is 10.1. The van der Waals surface area contributed by atoms with E-state index in [0.717, 1.165) is 5.56 Å². The van der Waals surface area contributed by atoms with Crippen LogP contribution in [0.2, 0.25) is 0 Å². The van der Waals surface area contributed by atoms with E-state index in [1.165, 1.54) is 23.1 Å². The highest BCUT2D eigenvalue weighted by Gasteiger charge is 2.15. The van der Waals surface area contributed by atoms with E-state index in [-0.39, 0.29) is 17.7 Å². The Labute approximate surface area is 183 Å². The van der Waals surface area contributed by atoms with Gasteiger partial charge in [0.25, 0.3) is 5.91 Å². The highest BCUT2D eigenvalue weighted by molar-refractivity contribution is 9.10. The fraction of sp³-hybridized carbons (Fsp3) is 0.227. The van der Waals surface area contributed by atoms with Crippen molar-refractivity contribution in [1.82, 2.24) is 4.90 Å². The predicted molar refractivity (Wildman–Crippen MR) is 115 cm³/mol. The number of carboxylic acids is 1. The summed E-state index contributed by atoms with van der Waals surface area (Å²) in [7, 11) is 3.16. The molecule has 0 spiro atoms. The number of carboxylic acid groups (broad SMARTS) is 1. The second-order valence-corrected chi connectivity index (χ2v) is 7.28. The summed E-state index contributed by atoms with van der Waals surface area (Å²) < 4.78 is 12.2. The number of hydrogen-bond donors (Lipinski definition) is 1. The van der Waals surface area contributed by atoms with Crippen LogP contribution in [0.1, 0.15) is 28.4 Å². The number of ether oxygens (including phenoxy) is 2. The van der Waals surface area contributed by atoms with E-state index < -0.39 is 11.9 Å². The standard InChI is InChI=1S/C22H21BrN2O5/c1-4-29-19-11-15(9-17(12-24)21(26)25(2)3)10-18(23)20(19)30-13-14-5-7-16(8-6-14)22(27)28/h5-11H,4,13H2,1-3H3,(H,27,28)/b17-9-. The summed E-state index contributed by atoms with van der Waals surface area (Å²) >= 11 is 3.46. The van der Waals surface area contributed by atoms with E-state index in [9.17, 15) is 14.9 Å². The minimum atomic E-state index is -0.989. The Morgan fingerprint density at radius 3 is 2.40 bits per heavy atom. The molecule has 0 radical (unpaired) electrons. The first-order valence-electron chi connectivity index (χ1n) is 9.01. The van der Waals surface area contributed by atoms with Gasteiger partial charge in [-0.05, 0) is 64.3 Å². The van der Waals surface area contributed by atoms with Crippen molar-refractivity contribution in [3.8, 4) is 17.6 Å². The van der Waals surface area contributed by atoms with Gasteiger partial charge in [-0.1, -0.05) is 12.1 Å². The number of nitriles is 1. The molecular weight excluding hydrogens is 452 g/mol. The van der Waals surface area contributed by atoms with Gasteiger partial charge in [0, 0.05) is 14.1 Å². The van der Waals surface area contributed by atoms with E-state index in [1.807, 2.05) is 13.0 Å². The molecule has 2 aromatic rings. The molecule has 0 saturated heterocycles. The molecule has 0 heterocycles. The first-order valence-corrected chi connectivity index (χ1v) is 9.81. The molecule has 1 amide bonds. The highest BCUT2D eigenvalue weighted by Crippen LogP contribution is 2.38. The third-order valence-electron chi connectivity index (χ3n) is 3.98. The van der Waals surface area contributed by atoms with Gasteiger partial charge in [0.05, 0.1) is 16.6 Å². The quantitative estimate of drug-likeness (QED) is 0.458. The zero-order valence-electron chi connectivity index (χ0n) is 16.8. The maximum atomic E-state index is 12.1. The third kappa shape index (κ3) is 5.84. The van der Waals surface area contributed by atoms with Gasteiger partial charge in [-0.3, -0.25) is 4.79 Å². The van der Waals surface area contributed by atoms with Crippen LogP contribution in [0.25, 0.3) is 6.08 Å². The number of rotatable bonds is 8. The molecule has 0 atom stereocenters. The van der Waals surface area contributed by atoms with Gasteiger partial charge in [-0.15, -0.1) is 0 Å². The molecule has 0 fully saturated rings. The molecule has 0 unspecified atom stereocenters. The number of carbonyl (C=O) groups is 2. The summed E-state index contributed by atoms with van der Waals surface area (Å²) in [5.74, 6) is -0.461. The van der Waals surface area contributed by atoms with Crippen molar-refractivity contribution in [2.75, 3.05) is 20.7 Å². The number of amides is 1. The molecule has 30 heavy (non-hydrogen) atoms. The maximum Gasteiger partial charge on any atom is 0.335 e. The van der Waals surface area contributed by atoms with Crippen LogP contribution in [0.3, 0.4) is 0 Å². The molecule has 7 nitrogen and oxygen atoms in total. The lowest BCUT2D eigenvalue weighted by Crippen LogP contribution is -2.22. The van der Waals surface area contributed by atoms with Gasteiger partial charge in [-0.25, -0.2) is 4.79 Å². The van der Waals surface area contributed by atoms with Gasteiger partial charge in [0.1, 0.15) is 18.2 Å². The number of nitrogens with zero attached hydrogens (tertiary/aromatic N) is 2. The average Bonchev–Trinajstić information content (AvgIpc) is 2.71. The highest BCUT2D eigenvalue weighted by atomic mass is 79.9. The number of carbonyl (C=O) groups excluding carboxylic acids is 1. The van der Waals surface area contributed by atoms with E-state index in [1.54, 1.807) is 38.4 Å². The first-order chi connectivity index (χ1) is 14.3.